The van der Waals surface area contributed by atoms with Crippen LogP contribution in [-0.4, -0.2) is 32.3 Å². The van der Waals surface area contributed by atoms with Crippen molar-refractivity contribution >= 4 is 28.5 Å². The first kappa shape index (κ1) is 24.7. The van der Waals surface area contributed by atoms with Crippen LogP contribution in [0, 0.1) is 0 Å². The van der Waals surface area contributed by atoms with Gasteiger partial charge in [0.05, 0.1) is 5.52 Å². The Balaban J connectivity index is 1.60. The molecule has 0 radical (unpaired) electrons. The Labute approximate surface area is 217 Å². The summed E-state index contributed by atoms with van der Waals surface area (Å²) >= 11 is 0. The van der Waals surface area contributed by atoms with Gasteiger partial charge in [0.15, 0.2) is 0 Å². The highest BCUT2D eigenvalue weighted by molar-refractivity contribution is 6.01. The first-order valence-corrected chi connectivity index (χ1v) is 13.0. The lowest BCUT2D eigenvalue weighted by atomic mass is 9.98. The average molecular weight is 496 g/mol. The van der Waals surface area contributed by atoms with E-state index >= 15 is 0 Å². The van der Waals surface area contributed by atoms with Crippen LogP contribution < -0.4 is 10.2 Å². The number of anilines is 1. The number of carbonyl (C=O) groups excluding carboxylic acids is 2. The van der Waals surface area contributed by atoms with Crippen LogP contribution in [0.25, 0.3) is 11.0 Å². The molecule has 37 heavy (non-hydrogen) atoms. The van der Waals surface area contributed by atoms with E-state index in [-0.39, 0.29) is 18.4 Å². The molecule has 2 amide bonds. The topological polar surface area (TPSA) is 80.1 Å². The molecule has 5 rings (SSSR count). The van der Waals surface area contributed by atoms with Crippen LogP contribution in [0.5, 0.6) is 0 Å². The lowest BCUT2D eigenvalue weighted by molar-refractivity contribution is -0.128. The highest BCUT2D eigenvalue weighted by Gasteiger charge is 2.35. The van der Waals surface area contributed by atoms with Crippen LogP contribution in [-0.2, 0) is 29.0 Å². The number of fused-ring (bicyclic) bond motifs is 2. The van der Waals surface area contributed by atoms with Crippen molar-refractivity contribution in [2.75, 3.05) is 4.90 Å². The maximum absolute atomic E-state index is 14.2. The number of nitrogens with one attached hydrogen (secondary N) is 1. The number of benzene rings is 3. The van der Waals surface area contributed by atoms with Crippen molar-refractivity contribution in [2.24, 2.45) is 0 Å². The van der Waals surface area contributed by atoms with Gasteiger partial charge in [0, 0.05) is 11.2 Å². The van der Waals surface area contributed by atoms with Gasteiger partial charge in [0.1, 0.15) is 18.1 Å². The Hall–Kier alpha value is -4.00. The molecule has 0 fully saturated rings. The van der Waals surface area contributed by atoms with Gasteiger partial charge >= 0.3 is 0 Å². The van der Waals surface area contributed by atoms with Crippen molar-refractivity contribution in [3.05, 3.63) is 89.5 Å². The number of aryl methyl sites for hydroxylation is 2. The number of carbonyl (C=O) groups is 2. The lowest BCUT2D eigenvalue weighted by Gasteiger charge is -2.35. The molecule has 0 spiro atoms. The van der Waals surface area contributed by atoms with E-state index < -0.39 is 11.6 Å². The molecule has 0 unspecified atom stereocenters. The summed E-state index contributed by atoms with van der Waals surface area (Å²) in [5, 5.41) is 11.6. The van der Waals surface area contributed by atoms with E-state index in [1.54, 1.807) is 9.58 Å². The zero-order chi connectivity index (χ0) is 26.0. The molecule has 0 aliphatic heterocycles. The number of hydrogen-bond acceptors (Lipinski definition) is 4. The second-order valence-electron chi connectivity index (χ2n) is 10.3. The maximum atomic E-state index is 14.2. The van der Waals surface area contributed by atoms with E-state index in [9.17, 15) is 9.59 Å². The van der Waals surface area contributed by atoms with E-state index in [0.29, 0.717) is 5.69 Å². The van der Waals surface area contributed by atoms with Crippen LogP contribution in [0.1, 0.15) is 56.3 Å². The molecule has 3 aromatic carbocycles. The normalized spacial score (nSPS) is 13.8. The van der Waals surface area contributed by atoms with Gasteiger partial charge in [-0.25, -0.2) is 4.68 Å². The van der Waals surface area contributed by atoms with E-state index in [4.69, 9.17) is 0 Å². The summed E-state index contributed by atoms with van der Waals surface area (Å²) in [4.78, 5) is 29.8. The molecule has 1 aromatic heterocycles. The van der Waals surface area contributed by atoms with E-state index in [1.165, 1.54) is 11.1 Å². The number of hydrogen-bond donors (Lipinski definition) is 1. The SMILES string of the molecule is CCC(C)(C)NC(=O)[C@@H](c1ccccc1)N(C(=O)Cn1nnc2ccccc21)c1ccc2c(c1)CCC2. The van der Waals surface area contributed by atoms with Crippen LogP contribution >= 0.6 is 0 Å². The molecule has 1 heterocycles. The number of aromatic nitrogens is 3. The Morgan fingerprint density at radius 1 is 1.00 bits per heavy atom. The minimum absolute atomic E-state index is 0.0363. The minimum atomic E-state index is -0.839. The largest absolute Gasteiger partial charge is 0.349 e. The predicted octanol–water partition coefficient (Wildman–Crippen LogP) is 5.00. The molecule has 0 bridgehead atoms. The smallest absolute Gasteiger partial charge is 0.249 e. The quantitative estimate of drug-likeness (QED) is 0.373. The standard InChI is InChI=1S/C30H33N5O2/c1-4-30(2,3)31-29(37)28(22-11-6-5-7-12-22)35(24-18-17-21-13-10-14-23(21)19-24)27(36)20-34-26-16-9-8-15-25(26)32-33-34/h5-9,11-12,15-19,28H,4,10,13-14,20H2,1-3H3,(H,31,37)/t28-/m1/s1. The molecule has 7 heteroatoms. The molecule has 1 aliphatic carbocycles. The van der Waals surface area contributed by atoms with Gasteiger partial charge in [0.2, 0.25) is 11.8 Å². The summed E-state index contributed by atoms with van der Waals surface area (Å²) in [6, 6.07) is 22.4. The second kappa shape index (κ2) is 10.2. The van der Waals surface area contributed by atoms with Crippen molar-refractivity contribution in [3.8, 4) is 0 Å². The van der Waals surface area contributed by atoms with Crippen molar-refractivity contribution in [3.63, 3.8) is 0 Å². The summed E-state index contributed by atoms with van der Waals surface area (Å²) in [6.07, 6.45) is 3.88. The summed E-state index contributed by atoms with van der Waals surface area (Å²) in [7, 11) is 0. The Morgan fingerprint density at radius 2 is 1.73 bits per heavy atom. The summed E-state index contributed by atoms with van der Waals surface area (Å²) in [5.41, 5.74) is 5.10. The fourth-order valence-electron chi connectivity index (χ4n) is 4.93. The number of amides is 2. The number of nitrogens with zero attached hydrogens (tertiary/aromatic N) is 4. The monoisotopic (exact) mass is 495 g/mol. The maximum Gasteiger partial charge on any atom is 0.249 e. The third-order valence-electron chi connectivity index (χ3n) is 7.30. The number of para-hydroxylation sites is 1. The van der Waals surface area contributed by atoms with Crippen molar-refractivity contribution in [1.29, 1.82) is 0 Å². The highest BCUT2D eigenvalue weighted by atomic mass is 16.2. The van der Waals surface area contributed by atoms with Gasteiger partial charge in [-0.05, 0) is 80.5 Å². The van der Waals surface area contributed by atoms with E-state index in [2.05, 4.69) is 27.8 Å². The Morgan fingerprint density at radius 3 is 2.51 bits per heavy atom. The minimum Gasteiger partial charge on any atom is -0.349 e. The van der Waals surface area contributed by atoms with Crippen molar-refractivity contribution in [2.45, 2.75) is 64.6 Å². The molecule has 0 saturated carbocycles. The molecular weight excluding hydrogens is 462 g/mol. The Kier molecular flexibility index (Phi) is 6.78. The van der Waals surface area contributed by atoms with Crippen LogP contribution in [0.2, 0.25) is 0 Å². The highest BCUT2D eigenvalue weighted by Crippen LogP contribution is 2.33. The third kappa shape index (κ3) is 5.12. The first-order chi connectivity index (χ1) is 17.9. The van der Waals surface area contributed by atoms with Gasteiger partial charge in [-0.3, -0.25) is 14.5 Å². The van der Waals surface area contributed by atoms with Gasteiger partial charge in [-0.2, -0.15) is 0 Å². The van der Waals surface area contributed by atoms with Crippen molar-refractivity contribution in [1.82, 2.24) is 20.3 Å². The van der Waals surface area contributed by atoms with Gasteiger partial charge in [0.25, 0.3) is 0 Å². The molecule has 4 aromatic rings. The zero-order valence-electron chi connectivity index (χ0n) is 21.6. The fraction of sp³-hybridized carbons (Fsp3) is 0.333. The molecular formula is C30H33N5O2. The number of rotatable bonds is 8. The van der Waals surface area contributed by atoms with Crippen LogP contribution in [0.15, 0.2) is 72.8 Å². The zero-order valence-corrected chi connectivity index (χ0v) is 21.6. The molecule has 0 saturated heterocycles. The molecule has 1 aliphatic rings. The van der Waals surface area contributed by atoms with Crippen molar-refractivity contribution < 1.29 is 9.59 Å². The Bertz CT molecular complexity index is 1430. The second-order valence-corrected chi connectivity index (χ2v) is 10.3. The molecule has 190 valence electrons. The van der Waals surface area contributed by atoms with Crippen LogP contribution in [0.3, 0.4) is 0 Å². The molecule has 1 N–H and O–H groups in total. The average Bonchev–Trinajstić information content (AvgIpc) is 3.54. The first-order valence-electron chi connectivity index (χ1n) is 13.0. The van der Waals surface area contributed by atoms with E-state index in [1.807, 2.05) is 81.4 Å². The van der Waals surface area contributed by atoms with E-state index in [0.717, 1.165) is 42.3 Å². The summed E-state index contributed by atoms with van der Waals surface area (Å²) in [5.74, 6) is -0.442. The van der Waals surface area contributed by atoms with Crippen LogP contribution in [0.4, 0.5) is 5.69 Å². The lowest BCUT2D eigenvalue weighted by Crippen LogP contribution is -2.51. The third-order valence-corrected chi connectivity index (χ3v) is 7.30. The van der Waals surface area contributed by atoms with Gasteiger partial charge in [-0.15, -0.1) is 5.10 Å². The van der Waals surface area contributed by atoms with Gasteiger partial charge < -0.3 is 5.32 Å². The molecule has 1 atom stereocenters. The fourth-order valence-corrected chi connectivity index (χ4v) is 4.93. The predicted molar refractivity (Wildman–Crippen MR) is 145 cm³/mol. The summed E-state index contributed by atoms with van der Waals surface area (Å²) < 4.78 is 1.61. The van der Waals surface area contributed by atoms with Gasteiger partial charge in [-0.1, -0.05) is 60.7 Å². The molecule has 7 nitrogen and oxygen atoms in total. The summed E-state index contributed by atoms with van der Waals surface area (Å²) in [6.45, 7) is 5.99.